The zero-order chi connectivity index (χ0) is 13.7. The van der Waals surface area contributed by atoms with Crippen molar-refractivity contribution in [3.8, 4) is 0 Å². The van der Waals surface area contributed by atoms with Crippen molar-refractivity contribution in [2.75, 3.05) is 14.1 Å². The number of benzene rings is 1. The molecule has 1 unspecified atom stereocenters. The summed E-state index contributed by atoms with van der Waals surface area (Å²) in [6.07, 6.45) is 7.63. The van der Waals surface area contributed by atoms with E-state index in [-0.39, 0.29) is 12.2 Å². The van der Waals surface area contributed by atoms with E-state index in [0.29, 0.717) is 6.04 Å². The van der Waals surface area contributed by atoms with Crippen molar-refractivity contribution in [2.24, 2.45) is 5.92 Å². The topological polar surface area (TPSA) is 12.5 Å². The SMILES string of the molecule is CN(C)C(C1=C(C2CC2)[C@H]2C=C[C@@H]1O2)c1ccccc1. The molecule has 4 rings (SSSR count). The normalized spacial score (nSPS) is 29.6. The Bertz CT molecular complexity index is 568. The van der Waals surface area contributed by atoms with E-state index < -0.39 is 0 Å². The van der Waals surface area contributed by atoms with Crippen LogP contribution in [0.15, 0.2) is 53.6 Å². The number of hydrogen-bond acceptors (Lipinski definition) is 2. The second kappa shape index (κ2) is 4.57. The van der Waals surface area contributed by atoms with Crippen molar-refractivity contribution in [3.05, 3.63) is 59.2 Å². The van der Waals surface area contributed by atoms with Gasteiger partial charge in [0.2, 0.25) is 0 Å². The summed E-state index contributed by atoms with van der Waals surface area (Å²) in [5.74, 6) is 0.774. The van der Waals surface area contributed by atoms with Gasteiger partial charge in [-0.05, 0) is 49.6 Å². The van der Waals surface area contributed by atoms with Gasteiger partial charge in [-0.25, -0.2) is 0 Å². The number of nitrogens with zero attached hydrogens (tertiary/aromatic N) is 1. The zero-order valence-corrected chi connectivity index (χ0v) is 12.1. The summed E-state index contributed by atoms with van der Waals surface area (Å²) in [7, 11) is 4.34. The quantitative estimate of drug-likeness (QED) is 0.776. The van der Waals surface area contributed by atoms with Crippen LogP contribution < -0.4 is 0 Å². The highest BCUT2D eigenvalue weighted by atomic mass is 16.5. The van der Waals surface area contributed by atoms with Gasteiger partial charge in [0.1, 0.15) is 6.10 Å². The molecule has 0 saturated heterocycles. The number of fused-ring (bicyclic) bond motifs is 2. The molecular weight excluding hydrogens is 246 g/mol. The Kier molecular flexibility index (Phi) is 2.83. The molecule has 3 aliphatic rings. The van der Waals surface area contributed by atoms with Crippen LogP contribution in [0.3, 0.4) is 0 Å². The molecule has 2 heteroatoms. The molecule has 2 nitrogen and oxygen atoms in total. The van der Waals surface area contributed by atoms with Gasteiger partial charge in [0, 0.05) is 0 Å². The largest absolute Gasteiger partial charge is 0.358 e. The Morgan fingerprint density at radius 2 is 1.75 bits per heavy atom. The van der Waals surface area contributed by atoms with E-state index in [0.717, 1.165) is 5.92 Å². The van der Waals surface area contributed by atoms with Crippen LogP contribution in [0.2, 0.25) is 0 Å². The molecule has 104 valence electrons. The van der Waals surface area contributed by atoms with Crippen LogP contribution in [0.25, 0.3) is 0 Å². The lowest BCUT2D eigenvalue weighted by atomic mass is 9.85. The third-order valence-corrected chi connectivity index (χ3v) is 4.64. The highest BCUT2D eigenvalue weighted by Crippen LogP contribution is 2.51. The second-order valence-electron chi connectivity index (χ2n) is 6.32. The predicted octanol–water partition coefficient (Wildman–Crippen LogP) is 3.33. The van der Waals surface area contributed by atoms with E-state index in [9.17, 15) is 0 Å². The van der Waals surface area contributed by atoms with E-state index in [1.165, 1.54) is 24.0 Å². The minimum absolute atomic E-state index is 0.197. The first-order valence-corrected chi connectivity index (χ1v) is 7.54. The van der Waals surface area contributed by atoms with Crippen LogP contribution in [-0.2, 0) is 4.74 Å². The van der Waals surface area contributed by atoms with Crippen LogP contribution in [0.4, 0.5) is 0 Å². The molecule has 3 atom stereocenters. The Morgan fingerprint density at radius 3 is 2.40 bits per heavy atom. The van der Waals surface area contributed by atoms with Crippen LogP contribution in [0.1, 0.15) is 24.4 Å². The minimum atomic E-state index is 0.197. The maximum absolute atomic E-state index is 6.14. The van der Waals surface area contributed by atoms with Gasteiger partial charge < -0.3 is 4.74 Å². The molecule has 1 fully saturated rings. The van der Waals surface area contributed by atoms with Gasteiger partial charge in [0.15, 0.2) is 0 Å². The van der Waals surface area contributed by atoms with Gasteiger partial charge >= 0.3 is 0 Å². The van der Waals surface area contributed by atoms with Crippen molar-refractivity contribution in [2.45, 2.75) is 31.1 Å². The molecule has 0 aromatic heterocycles. The van der Waals surface area contributed by atoms with Crippen LogP contribution >= 0.6 is 0 Å². The Balaban J connectivity index is 1.80. The van der Waals surface area contributed by atoms with Crippen molar-refractivity contribution >= 4 is 0 Å². The standard InChI is InChI=1S/C18H21NO/c1-19(2)18(13-6-4-3-5-7-13)17-15-11-10-14(20-15)16(17)12-8-9-12/h3-7,10-12,14-15,18H,8-9H2,1-2H3/t14-,15+,18?/m1/s1. The highest BCUT2D eigenvalue weighted by molar-refractivity contribution is 5.47. The predicted molar refractivity (Wildman–Crippen MR) is 80.4 cm³/mol. The molecule has 1 aromatic carbocycles. The first-order chi connectivity index (χ1) is 9.75. The average molecular weight is 267 g/mol. The fourth-order valence-electron chi connectivity index (χ4n) is 3.70. The molecule has 1 saturated carbocycles. The molecule has 0 radical (unpaired) electrons. The maximum atomic E-state index is 6.14. The third-order valence-electron chi connectivity index (χ3n) is 4.64. The summed E-state index contributed by atoms with van der Waals surface area (Å²) in [4.78, 5) is 2.32. The number of ether oxygens (including phenoxy) is 1. The van der Waals surface area contributed by atoms with Gasteiger partial charge in [0.25, 0.3) is 0 Å². The lowest BCUT2D eigenvalue weighted by molar-refractivity contribution is 0.119. The molecule has 1 aliphatic carbocycles. The van der Waals surface area contributed by atoms with E-state index >= 15 is 0 Å². The zero-order valence-electron chi connectivity index (χ0n) is 12.1. The van der Waals surface area contributed by atoms with Crippen molar-refractivity contribution in [1.82, 2.24) is 4.90 Å². The minimum Gasteiger partial charge on any atom is -0.358 e. The Hall–Kier alpha value is -1.38. The molecule has 0 amide bonds. The van der Waals surface area contributed by atoms with Gasteiger partial charge in [-0.15, -0.1) is 0 Å². The smallest absolute Gasteiger partial charge is 0.100 e. The molecule has 0 spiro atoms. The van der Waals surface area contributed by atoms with E-state index in [4.69, 9.17) is 4.74 Å². The monoisotopic (exact) mass is 267 g/mol. The van der Waals surface area contributed by atoms with E-state index in [1.54, 1.807) is 5.57 Å². The first kappa shape index (κ1) is 12.4. The summed E-state index contributed by atoms with van der Waals surface area (Å²) in [6, 6.07) is 11.2. The fraction of sp³-hybridized carbons (Fsp3) is 0.444. The highest BCUT2D eigenvalue weighted by Gasteiger charge is 2.45. The number of rotatable bonds is 4. The summed E-state index contributed by atoms with van der Waals surface area (Å²) < 4.78 is 6.14. The molecular formula is C18H21NO. The van der Waals surface area contributed by atoms with Gasteiger partial charge in [-0.3, -0.25) is 4.90 Å². The van der Waals surface area contributed by atoms with Gasteiger partial charge in [-0.1, -0.05) is 42.5 Å². The summed E-state index contributed by atoms with van der Waals surface area (Å²) in [5.41, 5.74) is 4.46. The third kappa shape index (κ3) is 1.87. The lowest BCUT2D eigenvalue weighted by Gasteiger charge is -2.30. The molecule has 0 N–H and O–H groups in total. The Morgan fingerprint density at radius 1 is 1.05 bits per heavy atom. The summed E-state index contributed by atoms with van der Waals surface area (Å²) >= 11 is 0. The first-order valence-electron chi connectivity index (χ1n) is 7.54. The van der Waals surface area contributed by atoms with Crippen LogP contribution in [0.5, 0.6) is 0 Å². The average Bonchev–Trinajstić information content (AvgIpc) is 3.09. The number of hydrogen-bond donors (Lipinski definition) is 0. The molecule has 2 heterocycles. The van der Waals surface area contributed by atoms with Gasteiger partial charge in [-0.2, -0.15) is 0 Å². The number of likely N-dealkylation sites (N-methyl/N-ethyl adjacent to an activating group) is 1. The summed E-state index contributed by atoms with van der Waals surface area (Å²) in [5, 5.41) is 0. The molecule has 2 bridgehead atoms. The van der Waals surface area contributed by atoms with Crippen molar-refractivity contribution in [3.63, 3.8) is 0 Å². The van der Waals surface area contributed by atoms with Gasteiger partial charge in [0.05, 0.1) is 12.1 Å². The molecule has 2 aliphatic heterocycles. The molecule has 20 heavy (non-hydrogen) atoms. The second-order valence-corrected chi connectivity index (χ2v) is 6.32. The fourth-order valence-corrected chi connectivity index (χ4v) is 3.70. The lowest BCUT2D eigenvalue weighted by Crippen LogP contribution is -2.26. The van der Waals surface area contributed by atoms with Crippen molar-refractivity contribution in [1.29, 1.82) is 0 Å². The van der Waals surface area contributed by atoms with Crippen LogP contribution in [-0.4, -0.2) is 31.2 Å². The van der Waals surface area contributed by atoms with E-state index in [1.807, 2.05) is 0 Å². The Labute approximate surface area is 120 Å². The molecule has 1 aromatic rings. The maximum Gasteiger partial charge on any atom is 0.100 e. The summed E-state index contributed by atoms with van der Waals surface area (Å²) in [6.45, 7) is 0. The van der Waals surface area contributed by atoms with Crippen LogP contribution in [0, 0.1) is 5.92 Å². The van der Waals surface area contributed by atoms with E-state index in [2.05, 4.69) is 61.5 Å². The van der Waals surface area contributed by atoms with Crippen molar-refractivity contribution < 1.29 is 4.74 Å².